The van der Waals surface area contributed by atoms with Crippen molar-refractivity contribution < 1.29 is 0 Å². The van der Waals surface area contributed by atoms with Crippen molar-refractivity contribution in [2.75, 3.05) is 51.0 Å². The zero-order chi connectivity index (χ0) is 12.3. The van der Waals surface area contributed by atoms with Crippen molar-refractivity contribution in [3.8, 4) is 0 Å². The molecule has 0 unspecified atom stereocenters. The highest BCUT2D eigenvalue weighted by Gasteiger charge is 2.14. The molecule has 0 bridgehead atoms. The molecule has 0 atom stereocenters. The fourth-order valence-electron chi connectivity index (χ4n) is 1.82. The van der Waals surface area contributed by atoms with E-state index in [2.05, 4.69) is 37.7 Å². The Morgan fingerprint density at radius 1 is 1.18 bits per heavy atom. The third kappa shape index (κ3) is 3.28. The summed E-state index contributed by atoms with van der Waals surface area (Å²) in [5.41, 5.74) is 4.29. The Kier molecular flexibility index (Phi) is 3.75. The summed E-state index contributed by atoms with van der Waals surface area (Å²) < 4.78 is 0. The molecule has 6 heteroatoms. The number of aryl methyl sites for hydroxylation is 1. The van der Waals surface area contributed by atoms with Crippen molar-refractivity contribution in [3.63, 3.8) is 0 Å². The lowest BCUT2D eigenvalue weighted by Crippen LogP contribution is -2.47. The van der Waals surface area contributed by atoms with Gasteiger partial charge in [-0.1, -0.05) is 0 Å². The second-order valence-corrected chi connectivity index (χ2v) is 4.37. The van der Waals surface area contributed by atoms with E-state index in [0.717, 1.165) is 37.7 Å². The van der Waals surface area contributed by atoms with Gasteiger partial charge in [-0.25, -0.2) is 9.99 Å². The van der Waals surface area contributed by atoms with Crippen LogP contribution in [0.5, 0.6) is 0 Å². The summed E-state index contributed by atoms with van der Waals surface area (Å²) in [4.78, 5) is 11.0. The smallest absolute Gasteiger partial charge is 0.224 e. The number of nitrogens with one attached hydrogen (secondary N) is 2. The molecule has 1 aliphatic rings. The van der Waals surface area contributed by atoms with Crippen LogP contribution in [0.1, 0.15) is 5.69 Å². The predicted octanol–water partition coefficient (Wildman–Crippen LogP) is 0.401. The van der Waals surface area contributed by atoms with Crippen LogP contribution in [0, 0.1) is 6.92 Å². The van der Waals surface area contributed by atoms with Crippen LogP contribution < -0.4 is 10.7 Å². The molecule has 1 saturated heterocycles. The molecule has 2 rings (SSSR count). The van der Waals surface area contributed by atoms with Crippen LogP contribution in [-0.4, -0.2) is 60.2 Å². The molecule has 1 aromatic rings. The molecule has 0 spiro atoms. The third-order valence-electron chi connectivity index (χ3n) is 2.85. The average molecular weight is 236 g/mol. The van der Waals surface area contributed by atoms with Crippen molar-refractivity contribution in [2.24, 2.45) is 0 Å². The van der Waals surface area contributed by atoms with E-state index in [1.807, 2.05) is 20.0 Å². The number of hydrogen-bond donors (Lipinski definition) is 2. The Labute approximate surface area is 102 Å². The standard InChI is InChI=1S/C11H20N6/c1-9-8-10(14-11(12-2)13-9)15-17-6-4-16(3)5-7-17/h8H,4-7H2,1-3H3,(H2,12,13,14,15). The first kappa shape index (κ1) is 12.1. The van der Waals surface area contributed by atoms with Gasteiger partial charge in [-0.2, -0.15) is 4.98 Å². The summed E-state index contributed by atoms with van der Waals surface area (Å²) in [7, 11) is 3.97. The van der Waals surface area contributed by atoms with Gasteiger partial charge >= 0.3 is 0 Å². The van der Waals surface area contributed by atoms with Gasteiger partial charge in [0.15, 0.2) is 0 Å². The first-order chi connectivity index (χ1) is 8.17. The molecule has 1 aliphatic heterocycles. The quantitative estimate of drug-likeness (QED) is 0.792. The van der Waals surface area contributed by atoms with Gasteiger partial charge in [-0.05, 0) is 14.0 Å². The highest BCUT2D eigenvalue weighted by molar-refractivity contribution is 5.41. The Bertz CT molecular complexity index is 372. The predicted molar refractivity (Wildman–Crippen MR) is 69.0 cm³/mol. The van der Waals surface area contributed by atoms with Crippen LogP contribution in [-0.2, 0) is 0 Å². The van der Waals surface area contributed by atoms with E-state index in [9.17, 15) is 0 Å². The largest absolute Gasteiger partial charge is 0.357 e. The maximum Gasteiger partial charge on any atom is 0.224 e. The van der Waals surface area contributed by atoms with E-state index < -0.39 is 0 Å². The molecule has 0 amide bonds. The van der Waals surface area contributed by atoms with Gasteiger partial charge < -0.3 is 15.6 Å². The molecule has 0 radical (unpaired) electrons. The van der Waals surface area contributed by atoms with Crippen molar-refractivity contribution >= 4 is 11.8 Å². The molecule has 0 saturated carbocycles. The van der Waals surface area contributed by atoms with Crippen molar-refractivity contribution in [2.45, 2.75) is 6.92 Å². The fraction of sp³-hybridized carbons (Fsp3) is 0.636. The lowest BCUT2D eigenvalue weighted by molar-refractivity contribution is 0.178. The van der Waals surface area contributed by atoms with Crippen LogP contribution in [0.15, 0.2) is 6.07 Å². The topological polar surface area (TPSA) is 56.3 Å². The van der Waals surface area contributed by atoms with Crippen molar-refractivity contribution in [1.29, 1.82) is 0 Å². The SMILES string of the molecule is CNc1nc(C)cc(NN2CCN(C)CC2)n1. The van der Waals surface area contributed by atoms with E-state index >= 15 is 0 Å². The van der Waals surface area contributed by atoms with Crippen LogP contribution in [0.3, 0.4) is 0 Å². The minimum absolute atomic E-state index is 0.654. The van der Waals surface area contributed by atoms with Crippen molar-refractivity contribution in [1.82, 2.24) is 19.9 Å². The molecule has 1 aromatic heterocycles. The number of likely N-dealkylation sites (N-methyl/N-ethyl adjacent to an activating group) is 1. The van der Waals surface area contributed by atoms with Crippen LogP contribution >= 0.6 is 0 Å². The number of rotatable bonds is 3. The molecular weight excluding hydrogens is 216 g/mol. The minimum Gasteiger partial charge on any atom is -0.357 e. The second-order valence-electron chi connectivity index (χ2n) is 4.37. The first-order valence-electron chi connectivity index (χ1n) is 5.91. The molecule has 2 heterocycles. The highest BCUT2D eigenvalue weighted by atomic mass is 15.5. The van der Waals surface area contributed by atoms with Gasteiger partial charge in [-0.15, -0.1) is 0 Å². The number of hydrazine groups is 1. The summed E-state index contributed by atoms with van der Waals surface area (Å²) in [5.74, 6) is 1.51. The monoisotopic (exact) mass is 236 g/mol. The second kappa shape index (κ2) is 5.29. The Morgan fingerprint density at radius 2 is 1.88 bits per heavy atom. The first-order valence-corrected chi connectivity index (χ1v) is 5.91. The Balaban J connectivity index is 2.00. The highest BCUT2D eigenvalue weighted by Crippen LogP contribution is 2.10. The summed E-state index contributed by atoms with van der Waals surface area (Å²) in [6, 6.07) is 1.96. The van der Waals surface area contributed by atoms with E-state index in [-0.39, 0.29) is 0 Å². The lowest BCUT2D eigenvalue weighted by atomic mass is 10.4. The zero-order valence-corrected chi connectivity index (χ0v) is 10.7. The number of nitrogens with zero attached hydrogens (tertiary/aromatic N) is 4. The molecule has 94 valence electrons. The molecule has 6 nitrogen and oxygen atoms in total. The molecule has 0 aliphatic carbocycles. The van der Waals surface area contributed by atoms with E-state index in [1.165, 1.54) is 0 Å². The molecule has 0 aromatic carbocycles. The van der Waals surface area contributed by atoms with Gasteiger partial charge in [0, 0.05) is 45.0 Å². The molecule has 2 N–H and O–H groups in total. The Hall–Kier alpha value is -1.40. The van der Waals surface area contributed by atoms with Crippen molar-refractivity contribution in [3.05, 3.63) is 11.8 Å². The van der Waals surface area contributed by atoms with Crippen LogP contribution in [0.25, 0.3) is 0 Å². The van der Waals surface area contributed by atoms with E-state index in [0.29, 0.717) is 5.95 Å². The van der Waals surface area contributed by atoms with Crippen LogP contribution in [0.4, 0.5) is 11.8 Å². The normalized spacial score (nSPS) is 18.1. The molecule has 17 heavy (non-hydrogen) atoms. The number of hydrogen-bond acceptors (Lipinski definition) is 6. The molecule has 1 fully saturated rings. The minimum atomic E-state index is 0.654. The lowest BCUT2D eigenvalue weighted by Gasteiger charge is -2.32. The van der Waals surface area contributed by atoms with E-state index in [4.69, 9.17) is 0 Å². The number of piperazine rings is 1. The maximum atomic E-state index is 4.38. The zero-order valence-electron chi connectivity index (χ0n) is 10.7. The summed E-state index contributed by atoms with van der Waals surface area (Å²) in [6.45, 7) is 6.15. The summed E-state index contributed by atoms with van der Waals surface area (Å²) in [6.07, 6.45) is 0. The van der Waals surface area contributed by atoms with Crippen LogP contribution in [0.2, 0.25) is 0 Å². The Morgan fingerprint density at radius 3 is 2.53 bits per heavy atom. The van der Waals surface area contributed by atoms with Gasteiger partial charge in [0.2, 0.25) is 5.95 Å². The molecular formula is C11H20N6. The number of anilines is 2. The number of aromatic nitrogens is 2. The van der Waals surface area contributed by atoms with Gasteiger partial charge in [0.25, 0.3) is 0 Å². The summed E-state index contributed by atoms with van der Waals surface area (Å²) >= 11 is 0. The van der Waals surface area contributed by atoms with Gasteiger partial charge in [0.1, 0.15) is 5.82 Å². The van der Waals surface area contributed by atoms with Gasteiger partial charge in [0.05, 0.1) is 0 Å². The average Bonchev–Trinajstić information content (AvgIpc) is 2.31. The fourth-order valence-corrected chi connectivity index (χ4v) is 1.82. The third-order valence-corrected chi connectivity index (χ3v) is 2.85. The van der Waals surface area contributed by atoms with Gasteiger partial charge in [-0.3, -0.25) is 0 Å². The van der Waals surface area contributed by atoms with E-state index in [1.54, 1.807) is 0 Å². The summed E-state index contributed by atoms with van der Waals surface area (Å²) in [5, 5.41) is 5.16. The maximum absolute atomic E-state index is 4.38.